The lowest BCUT2D eigenvalue weighted by Crippen LogP contribution is -2.52. The van der Waals surface area contributed by atoms with Crippen LogP contribution in [-0.4, -0.2) is 34.6 Å². The lowest BCUT2D eigenvalue weighted by molar-refractivity contribution is -0.141. The maximum absolute atomic E-state index is 11.8. The third kappa shape index (κ3) is 5.15. The van der Waals surface area contributed by atoms with Crippen molar-refractivity contribution in [2.75, 3.05) is 0 Å². The number of aliphatic carboxylic acids is 1. The largest absolute Gasteiger partial charge is 0.481 e. The van der Waals surface area contributed by atoms with Gasteiger partial charge >= 0.3 is 12.0 Å². The number of nitrogens with one attached hydrogen (secondary N) is 2. The van der Waals surface area contributed by atoms with Gasteiger partial charge < -0.3 is 21.5 Å². The number of hydrogen-bond donors (Lipinski definition) is 4. The van der Waals surface area contributed by atoms with E-state index in [-0.39, 0.29) is 18.4 Å². The molecule has 1 aliphatic carbocycles. The van der Waals surface area contributed by atoms with Crippen molar-refractivity contribution in [2.24, 2.45) is 11.7 Å². The van der Waals surface area contributed by atoms with Crippen molar-refractivity contribution in [2.45, 2.75) is 51.1 Å². The van der Waals surface area contributed by atoms with Gasteiger partial charge in [0, 0.05) is 18.0 Å². The van der Waals surface area contributed by atoms with Crippen molar-refractivity contribution in [3.05, 3.63) is 0 Å². The number of carboxylic acid groups (broad SMARTS) is 1. The molecule has 0 saturated heterocycles. The predicted molar refractivity (Wildman–Crippen MR) is 68.3 cm³/mol. The molecule has 7 heteroatoms. The number of carboxylic acids is 1. The standard InChI is InChI=1S/C12H21N3O4/c1-12(2,6-9(13)16)15-11(19)14-8-4-3-7(5-8)10(17)18/h7-8H,3-6H2,1-2H3,(H2,13,16)(H,17,18)(H2,14,15,19). The Morgan fingerprint density at radius 3 is 2.42 bits per heavy atom. The average Bonchev–Trinajstić information content (AvgIpc) is 2.62. The van der Waals surface area contributed by atoms with E-state index in [0.717, 1.165) is 0 Å². The summed E-state index contributed by atoms with van der Waals surface area (Å²) in [6.07, 6.45) is 1.72. The number of amides is 3. The van der Waals surface area contributed by atoms with Gasteiger partial charge in [-0.25, -0.2) is 4.79 Å². The first kappa shape index (κ1) is 15.3. The first-order valence-corrected chi connectivity index (χ1v) is 6.29. The quantitative estimate of drug-likeness (QED) is 0.570. The van der Waals surface area contributed by atoms with Gasteiger partial charge in [0.15, 0.2) is 0 Å². The van der Waals surface area contributed by atoms with Gasteiger partial charge in [-0.05, 0) is 33.1 Å². The molecule has 7 nitrogen and oxygen atoms in total. The molecule has 0 aromatic rings. The number of carbonyl (C=O) groups excluding carboxylic acids is 2. The van der Waals surface area contributed by atoms with E-state index in [1.807, 2.05) is 0 Å². The van der Waals surface area contributed by atoms with Crippen molar-refractivity contribution >= 4 is 17.9 Å². The molecule has 2 unspecified atom stereocenters. The zero-order valence-corrected chi connectivity index (χ0v) is 11.2. The Kier molecular flexibility index (Phi) is 4.74. The van der Waals surface area contributed by atoms with Gasteiger partial charge in [-0.2, -0.15) is 0 Å². The molecule has 2 atom stereocenters. The first-order valence-electron chi connectivity index (χ1n) is 6.29. The van der Waals surface area contributed by atoms with E-state index in [4.69, 9.17) is 10.8 Å². The summed E-state index contributed by atoms with van der Waals surface area (Å²) < 4.78 is 0. The van der Waals surface area contributed by atoms with Gasteiger partial charge in [-0.3, -0.25) is 9.59 Å². The van der Waals surface area contributed by atoms with Crippen LogP contribution in [0.4, 0.5) is 4.79 Å². The third-order valence-corrected chi connectivity index (χ3v) is 3.19. The maximum Gasteiger partial charge on any atom is 0.315 e. The van der Waals surface area contributed by atoms with Crippen LogP contribution in [0, 0.1) is 5.92 Å². The van der Waals surface area contributed by atoms with Gasteiger partial charge in [-0.1, -0.05) is 0 Å². The molecule has 108 valence electrons. The zero-order chi connectivity index (χ0) is 14.6. The highest BCUT2D eigenvalue weighted by Gasteiger charge is 2.31. The highest BCUT2D eigenvalue weighted by atomic mass is 16.4. The smallest absolute Gasteiger partial charge is 0.315 e. The SMILES string of the molecule is CC(C)(CC(N)=O)NC(=O)NC1CCC(C(=O)O)C1. The molecular weight excluding hydrogens is 250 g/mol. The Bertz CT molecular complexity index is 381. The molecule has 19 heavy (non-hydrogen) atoms. The summed E-state index contributed by atoms with van der Waals surface area (Å²) in [5, 5.41) is 14.3. The highest BCUT2D eigenvalue weighted by molar-refractivity contribution is 5.79. The molecule has 5 N–H and O–H groups in total. The van der Waals surface area contributed by atoms with E-state index in [1.165, 1.54) is 0 Å². The summed E-state index contributed by atoms with van der Waals surface area (Å²) in [4.78, 5) is 33.4. The second kappa shape index (κ2) is 5.90. The van der Waals surface area contributed by atoms with Gasteiger partial charge in [0.1, 0.15) is 0 Å². The number of nitrogens with two attached hydrogens (primary N) is 1. The summed E-state index contributed by atoms with van der Waals surface area (Å²) in [5.41, 5.74) is 4.37. The highest BCUT2D eigenvalue weighted by Crippen LogP contribution is 2.25. The minimum atomic E-state index is -0.821. The van der Waals surface area contributed by atoms with E-state index in [9.17, 15) is 14.4 Å². The van der Waals surface area contributed by atoms with Crippen molar-refractivity contribution in [1.29, 1.82) is 0 Å². The van der Waals surface area contributed by atoms with Gasteiger partial charge in [0.2, 0.25) is 5.91 Å². The Balaban J connectivity index is 2.40. The Morgan fingerprint density at radius 1 is 1.32 bits per heavy atom. The van der Waals surface area contributed by atoms with Crippen LogP contribution in [0.25, 0.3) is 0 Å². The summed E-state index contributed by atoms with van der Waals surface area (Å²) >= 11 is 0. The van der Waals surface area contributed by atoms with Crippen LogP contribution >= 0.6 is 0 Å². The fourth-order valence-electron chi connectivity index (χ4n) is 2.35. The summed E-state index contributed by atoms with van der Waals surface area (Å²) in [6, 6.07) is -0.534. The molecule has 1 rings (SSSR count). The van der Waals surface area contributed by atoms with Crippen LogP contribution in [0.3, 0.4) is 0 Å². The topological polar surface area (TPSA) is 122 Å². The lowest BCUT2D eigenvalue weighted by Gasteiger charge is -2.26. The van der Waals surface area contributed by atoms with Crippen LogP contribution in [0.15, 0.2) is 0 Å². The van der Waals surface area contributed by atoms with Crippen LogP contribution < -0.4 is 16.4 Å². The van der Waals surface area contributed by atoms with Crippen molar-refractivity contribution < 1.29 is 19.5 Å². The summed E-state index contributed by atoms with van der Waals surface area (Å²) in [6.45, 7) is 3.40. The molecule has 0 aromatic carbocycles. The Hall–Kier alpha value is -1.79. The second-order valence-electron chi connectivity index (χ2n) is 5.67. The molecule has 1 fully saturated rings. The van der Waals surface area contributed by atoms with E-state index < -0.39 is 23.4 Å². The minimum Gasteiger partial charge on any atom is -0.481 e. The zero-order valence-electron chi connectivity index (χ0n) is 11.2. The fourth-order valence-corrected chi connectivity index (χ4v) is 2.35. The van der Waals surface area contributed by atoms with E-state index in [1.54, 1.807) is 13.8 Å². The van der Waals surface area contributed by atoms with E-state index >= 15 is 0 Å². The number of hydrogen-bond acceptors (Lipinski definition) is 3. The monoisotopic (exact) mass is 271 g/mol. The molecule has 0 bridgehead atoms. The summed E-state index contributed by atoms with van der Waals surface area (Å²) in [7, 11) is 0. The number of rotatable bonds is 5. The van der Waals surface area contributed by atoms with Gasteiger partial charge in [0.05, 0.1) is 5.92 Å². The second-order valence-corrected chi connectivity index (χ2v) is 5.67. The predicted octanol–water partition coefficient (Wildman–Crippen LogP) is 0.193. The molecule has 3 amide bonds. The van der Waals surface area contributed by atoms with Crippen LogP contribution in [0.1, 0.15) is 39.5 Å². The lowest BCUT2D eigenvalue weighted by atomic mass is 10.0. The van der Waals surface area contributed by atoms with Crippen LogP contribution in [-0.2, 0) is 9.59 Å². The third-order valence-electron chi connectivity index (χ3n) is 3.19. The fraction of sp³-hybridized carbons (Fsp3) is 0.750. The van der Waals surface area contributed by atoms with Crippen LogP contribution in [0.5, 0.6) is 0 Å². The molecular formula is C12H21N3O4. The Labute approximate surface area is 111 Å². The van der Waals surface area contributed by atoms with Crippen molar-refractivity contribution in [1.82, 2.24) is 10.6 Å². The van der Waals surface area contributed by atoms with Crippen molar-refractivity contribution in [3.63, 3.8) is 0 Å². The molecule has 0 radical (unpaired) electrons. The van der Waals surface area contributed by atoms with Gasteiger partial charge in [-0.15, -0.1) is 0 Å². The maximum atomic E-state index is 11.8. The van der Waals surface area contributed by atoms with Gasteiger partial charge in [0.25, 0.3) is 0 Å². The number of urea groups is 1. The molecule has 0 aromatic heterocycles. The molecule has 1 aliphatic rings. The molecule has 0 heterocycles. The average molecular weight is 271 g/mol. The molecule has 0 aliphatic heterocycles. The Morgan fingerprint density at radius 2 is 1.95 bits per heavy atom. The molecule has 1 saturated carbocycles. The normalized spacial score (nSPS) is 22.8. The minimum absolute atomic E-state index is 0.0445. The number of carbonyl (C=O) groups is 3. The van der Waals surface area contributed by atoms with E-state index in [0.29, 0.717) is 19.3 Å². The first-order chi connectivity index (χ1) is 8.69. The molecule has 0 spiro atoms. The number of primary amides is 1. The van der Waals surface area contributed by atoms with E-state index in [2.05, 4.69) is 10.6 Å². The summed E-state index contributed by atoms with van der Waals surface area (Å²) in [5.74, 6) is -1.69. The van der Waals surface area contributed by atoms with Crippen molar-refractivity contribution in [3.8, 4) is 0 Å². The van der Waals surface area contributed by atoms with Crippen LogP contribution in [0.2, 0.25) is 0 Å².